The molecule has 0 atom stereocenters. The van der Waals surface area contributed by atoms with Gasteiger partial charge in [-0.2, -0.15) is 0 Å². The van der Waals surface area contributed by atoms with Crippen molar-refractivity contribution in [2.24, 2.45) is 0 Å². The summed E-state index contributed by atoms with van der Waals surface area (Å²) in [6, 6.07) is 3.90. The lowest BCUT2D eigenvalue weighted by Gasteiger charge is -2.34. The third-order valence-electron chi connectivity index (χ3n) is 3.53. The molecule has 0 bridgehead atoms. The summed E-state index contributed by atoms with van der Waals surface area (Å²) >= 11 is 0. The fourth-order valence-corrected chi connectivity index (χ4v) is 2.38. The molecule has 0 amide bonds. The van der Waals surface area contributed by atoms with E-state index in [4.69, 9.17) is 0 Å². The largest absolute Gasteiger partial charge is 0.508 e. The van der Waals surface area contributed by atoms with E-state index in [1.165, 1.54) is 18.2 Å². The molecule has 1 aliphatic heterocycles. The Morgan fingerprint density at radius 2 is 1.86 bits per heavy atom. The van der Waals surface area contributed by atoms with Crippen LogP contribution in [0.25, 0.3) is 0 Å². The fourth-order valence-electron chi connectivity index (χ4n) is 2.38. The molecule has 2 rings (SSSR count). The Balaban J connectivity index is 1.94. The van der Waals surface area contributed by atoms with Gasteiger partial charge in [-0.15, -0.1) is 0 Å². The second-order valence-corrected chi connectivity index (χ2v) is 5.04. The number of nitrogens with zero attached hydrogens (tertiary/aromatic N) is 3. The van der Waals surface area contributed by atoms with E-state index in [2.05, 4.69) is 0 Å². The van der Waals surface area contributed by atoms with Crippen LogP contribution in [-0.4, -0.2) is 59.0 Å². The van der Waals surface area contributed by atoms with Crippen LogP contribution in [0.2, 0.25) is 0 Å². The first-order valence-electron chi connectivity index (χ1n) is 6.65. The van der Waals surface area contributed by atoms with Gasteiger partial charge in [-0.1, -0.05) is 0 Å². The molecule has 0 spiro atoms. The van der Waals surface area contributed by atoms with Gasteiger partial charge in [0.15, 0.2) is 0 Å². The maximum Gasteiger partial charge on any atom is 0.270 e. The molecule has 0 unspecified atom stereocenters. The van der Waals surface area contributed by atoms with Crippen molar-refractivity contribution < 1.29 is 18.8 Å². The highest BCUT2D eigenvalue weighted by Gasteiger charge is 2.21. The molecule has 1 heterocycles. The van der Waals surface area contributed by atoms with E-state index < -0.39 is 11.3 Å². The SMILES string of the molecule is O=[N+]([O-])c1ccc(O)c(CN2CCN(CC(F)F)CC2)c1. The summed E-state index contributed by atoms with van der Waals surface area (Å²) in [5.41, 5.74) is 0.408. The minimum atomic E-state index is -2.34. The van der Waals surface area contributed by atoms with E-state index in [0.29, 0.717) is 38.3 Å². The Kier molecular flexibility index (Phi) is 5.03. The first-order chi connectivity index (χ1) is 9.95. The summed E-state index contributed by atoms with van der Waals surface area (Å²) < 4.78 is 24.6. The summed E-state index contributed by atoms with van der Waals surface area (Å²) in [7, 11) is 0. The molecule has 0 aliphatic carbocycles. The minimum absolute atomic E-state index is 0.00982. The average Bonchev–Trinajstić information content (AvgIpc) is 2.42. The molecule has 6 nitrogen and oxygen atoms in total. The van der Waals surface area contributed by atoms with Gasteiger partial charge in [0.1, 0.15) is 5.75 Å². The van der Waals surface area contributed by atoms with Gasteiger partial charge in [0.2, 0.25) is 0 Å². The number of phenols is 1. The smallest absolute Gasteiger partial charge is 0.270 e. The monoisotopic (exact) mass is 301 g/mol. The van der Waals surface area contributed by atoms with Crippen LogP contribution in [0.5, 0.6) is 5.75 Å². The highest BCUT2D eigenvalue weighted by atomic mass is 19.3. The number of nitro benzene ring substituents is 1. The quantitative estimate of drug-likeness (QED) is 0.662. The lowest BCUT2D eigenvalue weighted by Crippen LogP contribution is -2.47. The van der Waals surface area contributed by atoms with Crippen molar-refractivity contribution in [2.45, 2.75) is 13.0 Å². The van der Waals surface area contributed by atoms with E-state index >= 15 is 0 Å². The Labute approximate surface area is 120 Å². The Bertz CT molecular complexity index is 505. The normalized spacial score (nSPS) is 17.3. The third-order valence-corrected chi connectivity index (χ3v) is 3.53. The van der Waals surface area contributed by atoms with Crippen LogP contribution >= 0.6 is 0 Å². The summed E-state index contributed by atoms with van der Waals surface area (Å²) in [5.74, 6) is 0.00982. The molecule has 21 heavy (non-hydrogen) atoms. The van der Waals surface area contributed by atoms with Gasteiger partial charge in [-0.25, -0.2) is 8.78 Å². The Hall–Kier alpha value is -1.80. The molecule has 1 aliphatic rings. The molecule has 1 fully saturated rings. The lowest BCUT2D eigenvalue weighted by atomic mass is 10.1. The molecule has 8 heteroatoms. The topological polar surface area (TPSA) is 69.8 Å². The van der Waals surface area contributed by atoms with Crippen molar-refractivity contribution in [1.82, 2.24) is 9.80 Å². The van der Waals surface area contributed by atoms with Crippen molar-refractivity contribution in [3.05, 3.63) is 33.9 Å². The van der Waals surface area contributed by atoms with Crippen LogP contribution < -0.4 is 0 Å². The van der Waals surface area contributed by atoms with Crippen LogP contribution in [0.1, 0.15) is 5.56 Å². The molecule has 0 aromatic heterocycles. The van der Waals surface area contributed by atoms with Crippen molar-refractivity contribution in [1.29, 1.82) is 0 Å². The molecule has 1 N–H and O–H groups in total. The molecule has 1 aromatic carbocycles. The Morgan fingerprint density at radius 1 is 1.24 bits per heavy atom. The maximum atomic E-state index is 12.3. The van der Waals surface area contributed by atoms with Gasteiger partial charge in [0.25, 0.3) is 12.1 Å². The number of benzene rings is 1. The van der Waals surface area contributed by atoms with E-state index in [1.54, 1.807) is 4.90 Å². The van der Waals surface area contributed by atoms with Crippen LogP contribution in [0.15, 0.2) is 18.2 Å². The zero-order valence-electron chi connectivity index (χ0n) is 11.4. The van der Waals surface area contributed by atoms with Crippen LogP contribution in [-0.2, 0) is 6.54 Å². The van der Waals surface area contributed by atoms with Gasteiger partial charge in [0, 0.05) is 50.4 Å². The van der Waals surface area contributed by atoms with Crippen molar-refractivity contribution in [2.75, 3.05) is 32.7 Å². The molecule has 0 saturated carbocycles. The standard InChI is InChI=1S/C13H17F2N3O3/c14-13(15)9-17-5-3-16(4-6-17)8-10-7-11(18(20)21)1-2-12(10)19/h1-2,7,13,19H,3-6,8-9H2. The number of rotatable bonds is 5. The van der Waals surface area contributed by atoms with Crippen molar-refractivity contribution >= 4 is 5.69 Å². The molecular formula is C13H17F2N3O3. The number of non-ortho nitro benzene ring substituents is 1. The third kappa shape index (κ3) is 4.33. The first kappa shape index (κ1) is 15.6. The highest BCUT2D eigenvalue weighted by molar-refractivity contribution is 5.42. The molecule has 116 valence electrons. The van der Waals surface area contributed by atoms with Crippen LogP contribution in [0.3, 0.4) is 0 Å². The maximum absolute atomic E-state index is 12.3. The van der Waals surface area contributed by atoms with Gasteiger partial charge in [-0.3, -0.25) is 19.9 Å². The molecular weight excluding hydrogens is 284 g/mol. The number of piperazine rings is 1. The summed E-state index contributed by atoms with van der Waals surface area (Å²) in [6.07, 6.45) is -2.34. The Morgan fingerprint density at radius 3 is 2.43 bits per heavy atom. The number of phenolic OH excluding ortho intramolecular Hbond substituents is 1. The summed E-state index contributed by atoms with van der Waals surface area (Å²) in [6.45, 7) is 2.38. The van der Waals surface area contributed by atoms with Crippen LogP contribution in [0.4, 0.5) is 14.5 Å². The molecule has 0 radical (unpaired) electrons. The highest BCUT2D eigenvalue weighted by Crippen LogP contribution is 2.24. The van der Waals surface area contributed by atoms with Gasteiger partial charge in [-0.05, 0) is 6.07 Å². The first-order valence-corrected chi connectivity index (χ1v) is 6.65. The van der Waals surface area contributed by atoms with Crippen LogP contribution in [0, 0.1) is 10.1 Å². The zero-order chi connectivity index (χ0) is 15.4. The van der Waals surface area contributed by atoms with E-state index in [0.717, 1.165) is 0 Å². The van der Waals surface area contributed by atoms with Gasteiger partial charge < -0.3 is 5.11 Å². The predicted octanol–water partition coefficient (Wildman–Crippen LogP) is 1.68. The van der Waals surface area contributed by atoms with Gasteiger partial charge >= 0.3 is 0 Å². The fraction of sp³-hybridized carbons (Fsp3) is 0.538. The van der Waals surface area contributed by atoms with Crippen molar-refractivity contribution in [3.8, 4) is 5.75 Å². The number of halogens is 2. The van der Waals surface area contributed by atoms with Crippen molar-refractivity contribution in [3.63, 3.8) is 0 Å². The molecule has 1 saturated heterocycles. The summed E-state index contributed by atoms with van der Waals surface area (Å²) in [5, 5.41) is 20.5. The number of aromatic hydroxyl groups is 1. The minimum Gasteiger partial charge on any atom is -0.508 e. The van der Waals surface area contributed by atoms with E-state index in [9.17, 15) is 24.0 Å². The second kappa shape index (κ2) is 6.77. The number of nitro groups is 1. The second-order valence-electron chi connectivity index (χ2n) is 5.04. The zero-order valence-corrected chi connectivity index (χ0v) is 11.4. The van der Waals surface area contributed by atoms with Gasteiger partial charge in [0.05, 0.1) is 11.5 Å². The average molecular weight is 301 g/mol. The number of hydrogen-bond donors (Lipinski definition) is 1. The molecule has 1 aromatic rings. The predicted molar refractivity (Wildman–Crippen MR) is 72.5 cm³/mol. The lowest BCUT2D eigenvalue weighted by molar-refractivity contribution is -0.385. The van der Waals surface area contributed by atoms with E-state index in [-0.39, 0.29) is 18.0 Å². The van der Waals surface area contributed by atoms with E-state index in [1.807, 2.05) is 4.90 Å². The summed E-state index contributed by atoms with van der Waals surface area (Å²) in [4.78, 5) is 13.9. The number of alkyl halides is 2. The number of hydrogen-bond acceptors (Lipinski definition) is 5.